The molecule has 0 aromatic rings. The highest BCUT2D eigenvalue weighted by Gasteiger charge is 1.69. The first-order valence-corrected chi connectivity index (χ1v) is 3.26. The average Bonchev–Trinajstić information content (AvgIpc) is 1.91. The van der Waals surface area contributed by atoms with Gasteiger partial charge in [-0.05, 0) is 0 Å². The molecule has 0 unspecified atom stereocenters. The summed E-state index contributed by atoms with van der Waals surface area (Å²) < 4.78 is 10.8. The van der Waals surface area contributed by atoms with Gasteiger partial charge in [-0.3, -0.25) is 0 Å². The van der Waals surface area contributed by atoms with Crippen LogP contribution in [0.15, 0.2) is 0 Å². The van der Waals surface area contributed by atoms with Gasteiger partial charge < -0.3 is 0 Å². The lowest BCUT2D eigenvalue weighted by molar-refractivity contribution is 0.504. The fourth-order valence-corrected chi connectivity index (χ4v) is 0.0423. The first-order valence-electron chi connectivity index (χ1n) is 3.26. The lowest BCUT2D eigenvalue weighted by Crippen LogP contribution is -1.63. The number of unbranched alkanes of at least 4 members (excludes halogenated alkanes) is 1. The highest BCUT2D eigenvalue weighted by molar-refractivity contribution is 4.66. The van der Waals surface area contributed by atoms with E-state index in [0.717, 1.165) is 0 Å². The molecule has 0 N–H and O–H groups in total. The standard InChI is InChI=1S/C4H10.C3H4FN/c1-3-4-2;4-2-1-3-5/h3-4H2,1-2H3;1-2H2. The van der Waals surface area contributed by atoms with Crippen molar-refractivity contribution in [2.24, 2.45) is 0 Å². The number of rotatable bonds is 2. The Morgan fingerprint density at radius 2 is 1.78 bits per heavy atom. The average molecular weight is 131 g/mol. The van der Waals surface area contributed by atoms with Gasteiger partial charge in [0.05, 0.1) is 12.5 Å². The van der Waals surface area contributed by atoms with Crippen LogP contribution in [0.5, 0.6) is 0 Å². The molecule has 0 spiro atoms. The molecule has 0 bridgehead atoms. The number of hydrogen-bond donors (Lipinski definition) is 0. The second-order valence-electron chi connectivity index (χ2n) is 1.60. The van der Waals surface area contributed by atoms with Gasteiger partial charge in [0, 0.05) is 0 Å². The van der Waals surface area contributed by atoms with Gasteiger partial charge in [-0.15, -0.1) is 0 Å². The van der Waals surface area contributed by atoms with Crippen molar-refractivity contribution in [2.75, 3.05) is 6.67 Å². The minimum absolute atomic E-state index is 0.0278. The van der Waals surface area contributed by atoms with E-state index in [1.165, 1.54) is 12.8 Å². The molecule has 0 radical (unpaired) electrons. The molecule has 1 nitrogen and oxygen atoms in total. The van der Waals surface area contributed by atoms with E-state index in [2.05, 4.69) is 13.8 Å². The Kier molecular flexibility index (Phi) is 19.6. The number of nitriles is 1. The van der Waals surface area contributed by atoms with Crippen LogP contribution >= 0.6 is 0 Å². The Hall–Kier alpha value is -0.580. The van der Waals surface area contributed by atoms with E-state index in [9.17, 15) is 4.39 Å². The molecule has 0 aromatic carbocycles. The molecular weight excluding hydrogens is 117 g/mol. The molecule has 0 saturated carbocycles. The van der Waals surface area contributed by atoms with Gasteiger partial charge in [-0.25, -0.2) is 4.39 Å². The molecule has 0 aliphatic rings. The molecule has 0 saturated heterocycles. The molecule has 0 rings (SSSR count). The van der Waals surface area contributed by atoms with E-state index in [1.807, 2.05) is 0 Å². The van der Waals surface area contributed by atoms with E-state index < -0.39 is 6.67 Å². The van der Waals surface area contributed by atoms with Gasteiger partial charge in [0.2, 0.25) is 0 Å². The molecule has 0 amide bonds. The summed E-state index contributed by atoms with van der Waals surface area (Å²) in [6, 6.07) is 1.64. The maximum Gasteiger partial charge on any atom is 0.102 e. The largest absolute Gasteiger partial charge is 0.250 e. The second-order valence-corrected chi connectivity index (χ2v) is 1.60. The Morgan fingerprint density at radius 1 is 1.33 bits per heavy atom. The smallest absolute Gasteiger partial charge is 0.102 e. The van der Waals surface area contributed by atoms with Crippen molar-refractivity contribution in [1.29, 1.82) is 5.26 Å². The van der Waals surface area contributed by atoms with Crippen molar-refractivity contribution in [3.05, 3.63) is 0 Å². The van der Waals surface area contributed by atoms with E-state index in [4.69, 9.17) is 5.26 Å². The number of nitrogens with zero attached hydrogens (tertiary/aromatic N) is 1. The fourth-order valence-electron chi connectivity index (χ4n) is 0.0423. The zero-order valence-electron chi connectivity index (χ0n) is 6.15. The summed E-state index contributed by atoms with van der Waals surface area (Å²) in [5.41, 5.74) is 0. The molecule has 9 heavy (non-hydrogen) atoms. The maximum atomic E-state index is 10.8. The summed E-state index contributed by atoms with van der Waals surface area (Å²) >= 11 is 0. The Labute approximate surface area is 56.5 Å². The van der Waals surface area contributed by atoms with Gasteiger partial charge >= 0.3 is 0 Å². The van der Waals surface area contributed by atoms with Crippen LogP contribution in [0.1, 0.15) is 33.1 Å². The molecule has 0 aliphatic carbocycles. The van der Waals surface area contributed by atoms with E-state index in [1.54, 1.807) is 6.07 Å². The Balaban J connectivity index is 0. The third kappa shape index (κ3) is 37.2. The zero-order chi connectivity index (χ0) is 7.54. The van der Waals surface area contributed by atoms with E-state index >= 15 is 0 Å². The van der Waals surface area contributed by atoms with Crippen LogP contribution in [0.25, 0.3) is 0 Å². The SMILES string of the molecule is CCCC.N#CCCF. The summed E-state index contributed by atoms with van der Waals surface area (Å²) in [6.07, 6.45) is 2.67. The lowest BCUT2D eigenvalue weighted by Gasteiger charge is -1.68. The molecule has 0 aliphatic heterocycles. The van der Waals surface area contributed by atoms with Crippen LogP contribution in [0.3, 0.4) is 0 Å². The fraction of sp³-hybridized carbons (Fsp3) is 0.857. The minimum atomic E-state index is -0.517. The topological polar surface area (TPSA) is 23.8 Å². The van der Waals surface area contributed by atoms with Gasteiger partial charge in [0.15, 0.2) is 0 Å². The van der Waals surface area contributed by atoms with Crippen molar-refractivity contribution >= 4 is 0 Å². The molecule has 0 fully saturated rings. The summed E-state index contributed by atoms with van der Waals surface area (Å²) in [6.45, 7) is 3.84. The van der Waals surface area contributed by atoms with Crippen LogP contribution in [-0.4, -0.2) is 6.67 Å². The molecule has 0 heterocycles. The van der Waals surface area contributed by atoms with Crippen molar-refractivity contribution in [2.45, 2.75) is 33.1 Å². The summed E-state index contributed by atoms with van der Waals surface area (Å²) in [5.74, 6) is 0. The molecule has 2 heteroatoms. The molecule has 54 valence electrons. The lowest BCUT2D eigenvalue weighted by atomic mass is 10.4. The predicted octanol–water partition coefficient (Wildman–Crippen LogP) is 2.68. The van der Waals surface area contributed by atoms with Crippen LogP contribution in [-0.2, 0) is 0 Å². The monoisotopic (exact) mass is 131 g/mol. The first-order chi connectivity index (χ1) is 4.33. The van der Waals surface area contributed by atoms with Gasteiger partial charge in [-0.1, -0.05) is 26.7 Å². The van der Waals surface area contributed by atoms with Crippen molar-refractivity contribution in [1.82, 2.24) is 0 Å². The third-order valence-electron chi connectivity index (χ3n) is 0.706. The second kappa shape index (κ2) is 15.7. The quantitative estimate of drug-likeness (QED) is 0.565. The minimum Gasteiger partial charge on any atom is -0.250 e. The normalized spacial score (nSPS) is 6.89. The van der Waals surface area contributed by atoms with Crippen molar-refractivity contribution in [3.8, 4) is 6.07 Å². The van der Waals surface area contributed by atoms with Crippen molar-refractivity contribution in [3.63, 3.8) is 0 Å². The number of halogens is 1. The molecule has 0 atom stereocenters. The predicted molar refractivity (Wildman–Crippen MR) is 36.8 cm³/mol. The first kappa shape index (κ1) is 11.2. The molecule has 0 aromatic heterocycles. The summed E-state index contributed by atoms with van der Waals surface area (Å²) in [5, 5.41) is 7.58. The van der Waals surface area contributed by atoms with Gasteiger partial charge in [-0.2, -0.15) is 5.26 Å². The number of alkyl halides is 1. The highest BCUT2D eigenvalue weighted by atomic mass is 19.1. The van der Waals surface area contributed by atoms with Crippen LogP contribution in [0.2, 0.25) is 0 Å². The van der Waals surface area contributed by atoms with Crippen LogP contribution < -0.4 is 0 Å². The summed E-state index contributed by atoms with van der Waals surface area (Å²) in [4.78, 5) is 0. The van der Waals surface area contributed by atoms with Crippen molar-refractivity contribution < 1.29 is 4.39 Å². The number of hydrogen-bond acceptors (Lipinski definition) is 1. The van der Waals surface area contributed by atoms with E-state index in [0.29, 0.717) is 0 Å². The maximum absolute atomic E-state index is 10.8. The van der Waals surface area contributed by atoms with E-state index in [-0.39, 0.29) is 6.42 Å². The van der Waals surface area contributed by atoms with Crippen LogP contribution in [0.4, 0.5) is 4.39 Å². The Morgan fingerprint density at radius 3 is 1.78 bits per heavy atom. The van der Waals surface area contributed by atoms with Crippen LogP contribution in [0, 0.1) is 11.3 Å². The summed E-state index contributed by atoms with van der Waals surface area (Å²) in [7, 11) is 0. The van der Waals surface area contributed by atoms with Gasteiger partial charge in [0.1, 0.15) is 6.67 Å². The van der Waals surface area contributed by atoms with Gasteiger partial charge in [0.25, 0.3) is 0 Å². The zero-order valence-corrected chi connectivity index (χ0v) is 6.15. The molecular formula is C7H14FN. The Bertz CT molecular complexity index is 63.8. The highest BCUT2D eigenvalue weighted by Crippen LogP contribution is 1.76. The third-order valence-corrected chi connectivity index (χ3v) is 0.706.